The highest BCUT2D eigenvalue weighted by atomic mass is 16.5. The van der Waals surface area contributed by atoms with Gasteiger partial charge in [0.15, 0.2) is 18.1 Å². The van der Waals surface area contributed by atoms with E-state index in [1.54, 1.807) is 36.4 Å². The van der Waals surface area contributed by atoms with Crippen LogP contribution < -0.4 is 20.3 Å². The topological polar surface area (TPSA) is 76.7 Å². The molecule has 0 saturated heterocycles. The molecule has 0 aliphatic heterocycles. The molecule has 132 valence electrons. The quantitative estimate of drug-likeness (QED) is 0.694. The van der Waals surface area contributed by atoms with Crippen LogP contribution in [0.25, 0.3) is 10.8 Å². The lowest BCUT2D eigenvalue weighted by Gasteiger charge is -2.11. The molecule has 6 heteroatoms. The summed E-state index contributed by atoms with van der Waals surface area (Å²) in [6, 6.07) is 20.1. The second kappa shape index (κ2) is 8.02. The second-order valence-corrected chi connectivity index (χ2v) is 5.50. The first kappa shape index (κ1) is 17.3. The maximum absolute atomic E-state index is 12.2. The van der Waals surface area contributed by atoms with Gasteiger partial charge < -0.3 is 9.47 Å². The van der Waals surface area contributed by atoms with Crippen molar-refractivity contribution >= 4 is 22.6 Å². The normalized spacial score (nSPS) is 10.2. The van der Waals surface area contributed by atoms with Crippen LogP contribution in [0.1, 0.15) is 10.4 Å². The van der Waals surface area contributed by atoms with Crippen LogP contribution in [0.4, 0.5) is 0 Å². The first-order valence-electron chi connectivity index (χ1n) is 8.01. The van der Waals surface area contributed by atoms with Crippen LogP contribution in [0, 0.1) is 0 Å². The van der Waals surface area contributed by atoms with Gasteiger partial charge in [-0.15, -0.1) is 0 Å². The highest BCUT2D eigenvalue weighted by Crippen LogP contribution is 2.25. The van der Waals surface area contributed by atoms with Gasteiger partial charge >= 0.3 is 0 Å². The van der Waals surface area contributed by atoms with Crippen LogP contribution in [0.15, 0.2) is 66.7 Å². The molecule has 0 bridgehead atoms. The van der Waals surface area contributed by atoms with Gasteiger partial charge in [-0.05, 0) is 35.0 Å². The third-order valence-electron chi connectivity index (χ3n) is 3.75. The van der Waals surface area contributed by atoms with Crippen molar-refractivity contribution in [3.8, 4) is 11.5 Å². The molecule has 0 aliphatic rings. The minimum atomic E-state index is -0.481. The molecular formula is C20H18N2O4. The number of fused-ring (bicyclic) bond motifs is 1. The maximum Gasteiger partial charge on any atom is 0.276 e. The molecule has 0 fully saturated rings. The summed E-state index contributed by atoms with van der Waals surface area (Å²) in [7, 11) is 1.52. The number of rotatable bonds is 5. The molecular weight excluding hydrogens is 332 g/mol. The summed E-state index contributed by atoms with van der Waals surface area (Å²) < 4.78 is 10.5. The lowest BCUT2D eigenvalue weighted by atomic mass is 10.1. The van der Waals surface area contributed by atoms with Gasteiger partial charge in [0, 0.05) is 5.56 Å². The number of amides is 2. The average molecular weight is 350 g/mol. The van der Waals surface area contributed by atoms with E-state index in [1.807, 2.05) is 30.3 Å². The molecule has 26 heavy (non-hydrogen) atoms. The second-order valence-electron chi connectivity index (χ2n) is 5.50. The average Bonchev–Trinajstić information content (AvgIpc) is 2.70. The van der Waals surface area contributed by atoms with Crippen molar-refractivity contribution in [2.24, 2.45) is 0 Å². The molecule has 0 unspecified atom stereocenters. The third kappa shape index (κ3) is 4.10. The van der Waals surface area contributed by atoms with E-state index in [1.165, 1.54) is 7.11 Å². The fourth-order valence-electron chi connectivity index (χ4n) is 2.45. The SMILES string of the molecule is COc1ccccc1OCC(=O)NNC(=O)c1ccc2ccccc2c1. The van der Waals surface area contributed by atoms with Crippen LogP contribution in [0.5, 0.6) is 11.5 Å². The zero-order valence-electron chi connectivity index (χ0n) is 14.2. The monoisotopic (exact) mass is 350 g/mol. The van der Waals surface area contributed by atoms with Crippen LogP contribution in [0.2, 0.25) is 0 Å². The third-order valence-corrected chi connectivity index (χ3v) is 3.75. The summed E-state index contributed by atoms with van der Waals surface area (Å²) in [5.41, 5.74) is 5.16. The number of hydrogen-bond acceptors (Lipinski definition) is 4. The molecule has 6 nitrogen and oxygen atoms in total. The Morgan fingerprint density at radius 3 is 2.31 bits per heavy atom. The Morgan fingerprint density at radius 2 is 1.54 bits per heavy atom. The predicted octanol–water partition coefficient (Wildman–Crippen LogP) is 2.69. The van der Waals surface area contributed by atoms with E-state index in [9.17, 15) is 9.59 Å². The fraction of sp³-hybridized carbons (Fsp3) is 0.100. The van der Waals surface area contributed by atoms with Gasteiger partial charge in [-0.3, -0.25) is 20.4 Å². The molecule has 0 spiro atoms. The van der Waals surface area contributed by atoms with Gasteiger partial charge in [0.25, 0.3) is 11.8 Å². The smallest absolute Gasteiger partial charge is 0.276 e. The summed E-state index contributed by atoms with van der Waals surface area (Å²) >= 11 is 0. The summed E-state index contributed by atoms with van der Waals surface area (Å²) in [4.78, 5) is 24.1. The highest BCUT2D eigenvalue weighted by molar-refractivity contribution is 5.99. The Morgan fingerprint density at radius 1 is 0.846 bits per heavy atom. The summed E-state index contributed by atoms with van der Waals surface area (Å²) in [6.45, 7) is -0.252. The summed E-state index contributed by atoms with van der Waals surface area (Å²) in [5, 5.41) is 1.99. The highest BCUT2D eigenvalue weighted by Gasteiger charge is 2.10. The van der Waals surface area contributed by atoms with Gasteiger partial charge in [-0.25, -0.2) is 0 Å². The first-order valence-corrected chi connectivity index (χ1v) is 8.01. The Hall–Kier alpha value is -3.54. The van der Waals surface area contributed by atoms with Gasteiger partial charge in [-0.1, -0.05) is 42.5 Å². The number of methoxy groups -OCH3 is 1. The standard InChI is InChI=1S/C20H18N2O4/c1-25-17-8-4-5-9-18(17)26-13-19(23)21-22-20(24)16-11-10-14-6-2-3-7-15(14)12-16/h2-12H,13H2,1H3,(H,21,23)(H,22,24). The molecule has 3 rings (SSSR count). The van der Waals surface area contributed by atoms with E-state index in [0.29, 0.717) is 17.1 Å². The molecule has 3 aromatic rings. The number of para-hydroxylation sites is 2. The lowest BCUT2D eigenvalue weighted by Crippen LogP contribution is -2.43. The lowest BCUT2D eigenvalue weighted by molar-refractivity contribution is -0.123. The molecule has 0 aliphatic carbocycles. The molecule has 2 amide bonds. The number of benzene rings is 3. The summed E-state index contributed by atoms with van der Waals surface area (Å²) in [5.74, 6) is 0.0953. The van der Waals surface area contributed by atoms with Crippen molar-refractivity contribution in [3.63, 3.8) is 0 Å². The van der Waals surface area contributed by atoms with Crippen molar-refractivity contribution in [2.45, 2.75) is 0 Å². The van der Waals surface area contributed by atoms with Gasteiger partial charge in [0.2, 0.25) is 0 Å². The van der Waals surface area contributed by atoms with E-state index < -0.39 is 11.8 Å². The van der Waals surface area contributed by atoms with Crippen molar-refractivity contribution in [3.05, 3.63) is 72.3 Å². The molecule has 2 N–H and O–H groups in total. The number of ether oxygens (including phenoxy) is 2. The minimum absolute atomic E-state index is 0.252. The Balaban J connectivity index is 1.54. The van der Waals surface area contributed by atoms with Gasteiger partial charge in [-0.2, -0.15) is 0 Å². The zero-order valence-corrected chi connectivity index (χ0v) is 14.2. The number of nitrogens with one attached hydrogen (secondary N) is 2. The number of hydrazine groups is 1. The van der Waals surface area contributed by atoms with E-state index in [0.717, 1.165) is 10.8 Å². The van der Waals surface area contributed by atoms with Crippen LogP contribution in [-0.4, -0.2) is 25.5 Å². The molecule has 0 atom stereocenters. The molecule has 3 aromatic carbocycles. The molecule has 0 heterocycles. The summed E-state index contributed by atoms with van der Waals surface area (Å²) in [6.07, 6.45) is 0. The fourth-order valence-corrected chi connectivity index (χ4v) is 2.45. The van der Waals surface area contributed by atoms with E-state index in [4.69, 9.17) is 9.47 Å². The van der Waals surface area contributed by atoms with Crippen molar-refractivity contribution in [2.75, 3.05) is 13.7 Å². The minimum Gasteiger partial charge on any atom is -0.493 e. The van der Waals surface area contributed by atoms with E-state index in [2.05, 4.69) is 10.9 Å². The Kier molecular flexibility index (Phi) is 5.34. The van der Waals surface area contributed by atoms with E-state index >= 15 is 0 Å². The van der Waals surface area contributed by atoms with Gasteiger partial charge in [0.1, 0.15) is 0 Å². The van der Waals surface area contributed by atoms with Crippen LogP contribution in [-0.2, 0) is 4.79 Å². The van der Waals surface area contributed by atoms with Crippen molar-refractivity contribution < 1.29 is 19.1 Å². The molecule has 0 saturated carbocycles. The van der Waals surface area contributed by atoms with Crippen LogP contribution in [0.3, 0.4) is 0 Å². The first-order chi connectivity index (χ1) is 12.7. The largest absolute Gasteiger partial charge is 0.493 e. The maximum atomic E-state index is 12.2. The predicted molar refractivity (Wildman–Crippen MR) is 98.0 cm³/mol. The van der Waals surface area contributed by atoms with E-state index in [-0.39, 0.29) is 6.61 Å². The number of carbonyl (C=O) groups excluding carboxylic acids is 2. The van der Waals surface area contributed by atoms with Crippen molar-refractivity contribution in [1.29, 1.82) is 0 Å². The van der Waals surface area contributed by atoms with Gasteiger partial charge in [0.05, 0.1) is 7.11 Å². The number of hydrogen-bond donors (Lipinski definition) is 2. The zero-order chi connectivity index (χ0) is 18.4. The Labute approximate surface area is 150 Å². The van der Waals surface area contributed by atoms with Crippen molar-refractivity contribution in [1.82, 2.24) is 10.9 Å². The van der Waals surface area contributed by atoms with Crippen LogP contribution >= 0.6 is 0 Å². The molecule has 0 aromatic heterocycles. The number of carbonyl (C=O) groups is 2. The Bertz CT molecular complexity index is 940. The molecule has 0 radical (unpaired) electrons.